The number of benzene rings is 2. The van der Waals surface area contributed by atoms with Crippen molar-refractivity contribution >= 4 is 5.91 Å². The summed E-state index contributed by atoms with van der Waals surface area (Å²) in [6.07, 6.45) is 1.04. The van der Waals surface area contributed by atoms with Crippen LogP contribution in [0.2, 0.25) is 0 Å². The summed E-state index contributed by atoms with van der Waals surface area (Å²) in [5.41, 5.74) is 8.42. The minimum Gasteiger partial charge on any atom is -0.391 e. The van der Waals surface area contributed by atoms with Crippen LogP contribution >= 0.6 is 0 Å². The molecule has 0 aliphatic carbocycles. The topological polar surface area (TPSA) is 75.3 Å². The second-order valence-corrected chi connectivity index (χ2v) is 6.25. The maximum atomic E-state index is 11.5. The molecule has 0 aliphatic heterocycles. The fraction of sp³-hybridized carbons (Fsp3) is 0.350. The minimum atomic E-state index is -0.687. The van der Waals surface area contributed by atoms with Gasteiger partial charge < -0.3 is 16.2 Å². The number of aliphatic hydroxyl groups is 1. The smallest absolute Gasteiger partial charge is 0.217 e. The van der Waals surface area contributed by atoms with E-state index in [0.717, 1.165) is 11.1 Å². The van der Waals surface area contributed by atoms with Crippen LogP contribution < -0.4 is 11.1 Å². The Labute approximate surface area is 143 Å². The molecule has 0 spiro atoms. The lowest BCUT2D eigenvalue weighted by atomic mass is 9.94. The second kappa shape index (κ2) is 9.21. The van der Waals surface area contributed by atoms with Crippen molar-refractivity contribution in [1.29, 1.82) is 0 Å². The summed E-state index contributed by atoms with van der Waals surface area (Å²) in [5.74, 6) is -0.147. The lowest BCUT2D eigenvalue weighted by Gasteiger charge is -2.26. The maximum Gasteiger partial charge on any atom is 0.217 e. The Morgan fingerprint density at radius 1 is 1.00 bits per heavy atom. The molecule has 0 unspecified atom stereocenters. The highest BCUT2D eigenvalue weighted by Crippen LogP contribution is 2.12. The average Bonchev–Trinajstić information content (AvgIpc) is 2.55. The van der Waals surface area contributed by atoms with Crippen molar-refractivity contribution < 1.29 is 9.90 Å². The second-order valence-electron chi connectivity index (χ2n) is 6.25. The Hall–Kier alpha value is -2.17. The first kappa shape index (κ1) is 18.2. The first-order valence-electron chi connectivity index (χ1n) is 8.33. The van der Waals surface area contributed by atoms with Crippen molar-refractivity contribution in [3.8, 4) is 0 Å². The number of nitrogens with two attached hydrogens (primary N) is 1. The maximum absolute atomic E-state index is 11.5. The van der Waals surface area contributed by atoms with Gasteiger partial charge in [-0.2, -0.15) is 0 Å². The summed E-state index contributed by atoms with van der Waals surface area (Å²) in [6, 6.07) is 19.3. The van der Waals surface area contributed by atoms with Crippen LogP contribution in [-0.4, -0.2) is 29.2 Å². The van der Waals surface area contributed by atoms with Crippen LogP contribution in [0.5, 0.6) is 0 Å². The average molecular weight is 326 g/mol. The molecule has 2 aromatic rings. The normalized spacial score (nSPS) is 14.6. The molecule has 0 aromatic heterocycles. The van der Waals surface area contributed by atoms with Crippen LogP contribution in [0.3, 0.4) is 0 Å². The highest BCUT2D eigenvalue weighted by atomic mass is 16.3. The van der Waals surface area contributed by atoms with E-state index in [1.54, 1.807) is 0 Å². The Bertz CT molecular complexity index is 616. The Balaban J connectivity index is 1.96. The fourth-order valence-electron chi connectivity index (χ4n) is 2.89. The van der Waals surface area contributed by atoms with Gasteiger partial charge in [-0.3, -0.25) is 4.79 Å². The summed E-state index contributed by atoms with van der Waals surface area (Å²) in [6.45, 7) is 1.47. The molecule has 0 bridgehead atoms. The predicted molar refractivity (Wildman–Crippen MR) is 96.5 cm³/mol. The molecule has 2 aromatic carbocycles. The summed E-state index contributed by atoms with van der Waals surface area (Å²) in [5, 5.41) is 13.4. The molecule has 0 radical (unpaired) electrons. The highest BCUT2D eigenvalue weighted by Gasteiger charge is 2.23. The van der Waals surface area contributed by atoms with E-state index in [9.17, 15) is 9.90 Å². The molecule has 1 amide bonds. The van der Waals surface area contributed by atoms with Gasteiger partial charge in [0.1, 0.15) is 0 Å². The third-order valence-electron chi connectivity index (χ3n) is 4.04. The van der Waals surface area contributed by atoms with Gasteiger partial charge in [0.2, 0.25) is 5.91 Å². The minimum absolute atomic E-state index is 0.147. The van der Waals surface area contributed by atoms with Gasteiger partial charge >= 0.3 is 0 Å². The number of nitrogens with one attached hydrogen (secondary N) is 1. The zero-order chi connectivity index (χ0) is 17.4. The van der Waals surface area contributed by atoms with Crippen LogP contribution in [-0.2, 0) is 17.6 Å². The van der Waals surface area contributed by atoms with E-state index in [1.807, 2.05) is 60.7 Å². The monoisotopic (exact) mass is 326 g/mol. The van der Waals surface area contributed by atoms with Gasteiger partial charge in [0.05, 0.1) is 12.1 Å². The van der Waals surface area contributed by atoms with Crippen LogP contribution in [0.4, 0.5) is 0 Å². The van der Waals surface area contributed by atoms with E-state index in [-0.39, 0.29) is 18.0 Å². The molecular formula is C20H26N2O2. The Morgan fingerprint density at radius 3 is 2.00 bits per heavy atom. The Morgan fingerprint density at radius 2 is 1.50 bits per heavy atom. The van der Waals surface area contributed by atoms with E-state index >= 15 is 0 Å². The van der Waals surface area contributed by atoms with Gasteiger partial charge in [0.15, 0.2) is 0 Å². The lowest BCUT2D eigenvalue weighted by molar-refractivity contribution is -0.120. The van der Waals surface area contributed by atoms with E-state index in [1.165, 1.54) is 6.92 Å². The number of amides is 1. The highest BCUT2D eigenvalue weighted by molar-refractivity contribution is 5.73. The predicted octanol–water partition coefficient (Wildman–Crippen LogP) is 2.05. The van der Waals surface area contributed by atoms with E-state index < -0.39 is 6.10 Å². The molecule has 128 valence electrons. The molecule has 0 fully saturated rings. The standard InChI is InChI=1S/C20H26N2O2/c1-15(23)22-19(13-17-10-6-3-7-11-17)20(24)14-18(21)12-16-8-4-2-5-9-16/h2-11,18-20,24H,12-14,21H2,1H3,(H,22,23)/t18-,19-,20-/m0/s1. The number of hydrogen-bond acceptors (Lipinski definition) is 3. The summed E-state index contributed by atoms with van der Waals surface area (Å²) >= 11 is 0. The van der Waals surface area contributed by atoms with Crippen molar-refractivity contribution in [3.05, 3.63) is 71.8 Å². The molecule has 0 heterocycles. The molecule has 0 saturated heterocycles. The van der Waals surface area contributed by atoms with Gasteiger partial charge in [-0.1, -0.05) is 60.7 Å². The molecule has 4 N–H and O–H groups in total. The van der Waals surface area contributed by atoms with Crippen LogP contribution in [0.15, 0.2) is 60.7 Å². The van der Waals surface area contributed by atoms with Gasteiger partial charge in [-0.15, -0.1) is 0 Å². The SMILES string of the molecule is CC(=O)N[C@@H](Cc1ccccc1)[C@@H](O)C[C@@H](N)Cc1ccccc1. The van der Waals surface area contributed by atoms with Gasteiger partial charge in [0, 0.05) is 13.0 Å². The van der Waals surface area contributed by atoms with Gasteiger partial charge in [-0.25, -0.2) is 0 Å². The number of aliphatic hydroxyl groups excluding tert-OH is 1. The first-order valence-corrected chi connectivity index (χ1v) is 8.33. The summed E-state index contributed by atoms with van der Waals surface area (Å²) < 4.78 is 0. The van der Waals surface area contributed by atoms with Crippen molar-refractivity contribution in [2.45, 2.75) is 44.4 Å². The number of rotatable bonds is 8. The zero-order valence-corrected chi connectivity index (χ0v) is 14.1. The van der Waals surface area contributed by atoms with Crippen molar-refractivity contribution in [3.63, 3.8) is 0 Å². The molecule has 0 aliphatic rings. The fourth-order valence-corrected chi connectivity index (χ4v) is 2.89. The third-order valence-corrected chi connectivity index (χ3v) is 4.04. The number of carbonyl (C=O) groups is 1. The van der Waals surface area contributed by atoms with E-state index in [0.29, 0.717) is 19.3 Å². The molecule has 0 saturated carbocycles. The van der Waals surface area contributed by atoms with E-state index in [4.69, 9.17) is 5.73 Å². The largest absolute Gasteiger partial charge is 0.391 e. The quantitative estimate of drug-likeness (QED) is 0.695. The molecule has 3 atom stereocenters. The number of carbonyl (C=O) groups excluding carboxylic acids is 1. The molecule has 4 heteroatoms. The van der Waals surface area contributed by atoms with Gasteiger partial charge in [0.25, 0.3) is 0 Å². The zero-order valence-electron chi connectivity index (χ0n) is 14.1. The number of hydrogen-bond donors (Lipinski definition) is 3. The third kappa shape index (κ3) is 6.14. The van der Waals surface area contributed by atoms with Crippen molar-refractivity contribution in [1.82, 2.24) is 5.32 Å². The van der Waals surface area contributed by atoms with Crippen LogP contribution in [0.1, 0.15) is 24.5 Å². The molecule has 24 heavy (non-hydrogen) atoms. The van der Waals surface area contributed by atoms with Crippen molar-refractivity contribution in [2.24, 2.45) is 5.73 Å². The lowest BCUT2D eigenvalue weighted by Crippen LogP contribution is -2.46. The Kier molecular flexibility index (Phi) is 6.97. The van der Waals surface area contributed by atoms with E-state index in [2.05, 4.69) is 5.32 Å². The van der Waals surface area contributed by atoms with Crippen molar-refractivity contribution in [2.75, 3.05) is 0 Å². The molecule has 4 nitrogen and oxygen atoms in total. The van der Waals surface area contributed by atoms with Crippen LogP contribution in [0.25, 0.3) is 0 Å². The van der Waals surface area contributed by atoms with Crippen LogP contribution in [0, 0.1) is 0 Å². The summed E-state index contributed by atoms with van der Waals surface area (Å²) in [7, 11) is 0. The molecule has 2 rings (SSSR count). The van der Waals surface area contributed by atoms with Gasteiger partial charge in [-0.05, 0) is 30.4 Å². The summed E-state index contributed by atoms with van der Waals surface area (Å²) in [4.78, 5) is 11.5. The molecular weight excluding hydrogens is 300 g/mol. The first-order chi connectivity index (χ1) is 11.5.